The lowest BCUT2D eigenvalue weighted by molar-refractivity contribution is -0.133. The van der Waals surface area contributed by atoms with Gasteiger partial charge in [-0.2, -0.15) is 0 Å². The van der Waals surface area contributed by atoms with Crippen LogP contribution in [0.3, 0.4) is 0 Å². The maximum Gasteiger partial charge on any atom is 0.313 e. The van der Waals surface area contributed by atoms with Gasteiger partial charge in [0.05, 0.1) is 5.75 Å². The second kappa shape index (κ2) is 5.49. The topological polar surface area (TPSA) is 75.1 Å². The van der Waals surface area contributed by atoms with Crippen LogP contribution in [0.15, 0.2) is 4.34 Å². The van der Waals surface area contributed by atoms with Crippen molar-refractivity contribution >= 4 is 34.2 Å². The van der Waals surface area contributed by atoms with E-state index >= 15 is 0 Å². The third-order valence-electron chi connectivity index (χ3n) is 1.50. The standard InChI is InChI=1S/C9H15N3O2S2/c1-9(2,3)5-10-7-11-12-8(16-7)15-4-6(13)14/h4-5H2,1-3H3,(H,10,11)(H,13,14). The molecule has 0 fully saturated rings. The molecule has 0 aliphatic carbocycles. The third kappa shape index (κ3) is 5.32. The van der Waals surface area contributed by atoms with Crippen molar-refractivity contribution in [3.8, 4) is 0 Å². The molecule has 1 aromatic heterocycles. The molecular weight excluding hydrogens is 246 g/mol. The van der Waals surface area contributed by atoms with Crippen molar-refractivity contribution in [3.05, 3.63) is 0 Å². The summed E-state index contributed by atoms with van der Waals surface area (Å²) in [6.45, 7) is 7.19. The van der Waals surface area contributed by atoms with Gasteiger partial charge >= 0.3 is 5.97 Å². The van der Waals surface area contributed by atoms with Crippen LogP contribution >= 0.6 is 23.1 Å². The summed E-state index contributed by atoms with van der Waals surface area (Å²) < 4.78 is 0.679. The van der Waals surface area contributed by atoms with Crippen molar-refractivity contribution in [2.24, 2.45) is 5.41 Å². The SMILES string of the molecule is CC(C)(C)CNc1nnc(SCC(=O)O)s1. The molecule has 0 saturated carbocycles. The average Bonchev–Trinajstić information content (AvgIpc) is 2.58. The highest BCUT2D eigenvalue weighted by atomic mass is 32.2. The fraction of sp³-hybridized carbons (Fsp3) is 0.667. The Bertz CT molecular complexity index is 360. The second-order valence-corrected chi connectivity index (χ2v) is 6.67. The number of carbonyl (C=O) groups is 1. The molecule has 0 unspecified atom stereocenters. The Balaban J connectivity index is 2.42. The summed E-state index contributed by atoms with van der Waals surface area (Å²) in [4.78, 5) is 10.4. The number of thioether (sulfide) groups is 1. The van der Waals surface area contributed by atoms with Crippen LogP contribution in [0.4, 0.5) is 5.13 Å². The Labute approximate surface area is 103 Å². The van der Waals surface area contributed by atoms with Crippen molar-refractivity contribution in [3.63, 3.8) is 0 Å². The molecule has 0 aliphatic heterocycles. The lowest BCUT2D eigenvalue weighted by atomic mass is 9.97. The highest BCUT2D eigenvalue weighted by molar-refractivity contribution is 8.01. The zero-order valence-corrected chi connectivity index (χ0v) is 11.1. The van der Waals surface area contributed by atoms with E-state index in [4.69, 9.17) is 5.11 Å². The highest BCUT2D eigenvalue weighted by Gasteiger charge is 2.12. The van der Waals surface area contributed by atoms with Crippen molar-refractivity contribution in [2.75, 3.05) is 17.6 Å². The fourth-order valence-corrected chi connectivity index (χ4v) is 2.27. The van der Waals surface area contributed by atoms with Crippen LogP contribution in [0.25, 0.3) is 0 Å². The van der Waals surface area contributed by atoms with Crippen molar-refractivity contribution in [1.82, 2.24) is 10.2 Å². The van der Waals surface area contributed by atoms with E-state index in [0.717, 1.165) is 11.7 Å². The van der Waals surface area contributed by atoms with Crippen LogP contribution in [-0.2, 0) is 4.79 Å². The molecule has 0 radical (unpaired) electrons. The number of rotatable bonds is 5. The molecule has 1 aromatic rings. The van der Waals surface area contributed by atoms with E-state index in [0.29, 0.717) is 4.34 Å². The van der Waals surface area contributed by atoms with Gasteiger partial charge in [0.15, 0.2) is 4.34 Å². The fourth-order valence-electron chi connectivity index (χ4n) is 0.804. The van der Waals surface area contributed by atoms with Gasteiger partial charge in [0.2, 0.25) is 5.13 Å². The lowest BCUT2D eigenvalue weighted by Crippen LogP contribution is -2.18. The summed E-state index contributed by atoms with van der Waals surface area (Å²) in [5.41, 5.74) is 0.181. The van der Waals surface area contributed by atoms with Gasteiger partial charge in [0.1, 0.15) is 0 Å². The number of nitrogens with zero attached hydrogens (tertiary/aromatic N) is 2. The molecule has 0 atom stereocenters. The Morgan fingerprint density at radius 2 is 2.19 bits per heavy atom. The zero-order chi connectivity index (χ0) is 12.2. The summed E-state index contributed by atoms with van der Waals surface area (Å²) in [7, 11) is 0. The molecule has 0 saturated heterocycles. The summed E-state index contributed by atoms with van der Waals surface area (Å²) in [5, 5.41) is 20.3. The molecule has 90 valence electrons. The van der Waals surface area contributed by atoms with E-state index in [1.54, 1.807) is 0 Å². The van der Waals surface area contributed by atoms with Crippen molar-refractivity contribution in [1.29, 1.82) is 0 Å². The highest BCUT2D eigenvalue weighted by Crippen LogP contribution is 2.26. The summed E-state index contributed by atoms with van der Waals surface area (Å²) in [5.74, 6) is -0.821. The van der Waals surface area contributed by atoms with E-state index in [2.05, 4.69) is 36.3 Å². The number of aromatic nitrogens is 2. The predicted molar refractivity (Wildman–Crippen MR) is 66.2 cm³/mol. The normalized spacial score (nSPS) is 11.4. The summed E-state index contributed by atoms with van der Waals surface area (Å²) in [6.07, 6.45) is 0. The summed E-state index contributed by atoms with van der Waals surface area (Å²) >= 11 is 2.57. The van der Waals surface area contributed by atoms with Crippen LogP contribution < -0.4 is 5.32 Å². The molecular formula is C9H15N3O2S2. The Morgan fingerprint density at radius 3 is 2.75 bits per heavy atom. The van der Waals surface area contributed by atoms with E-state index in [1.165, 1.54) is 23.1 Å². The number of carboxylic acid groups (broad SMARTS) is 1. The number of aliphatic carboxylic acids is 1. The smallest absolute Gasteiger partial charge is 0.313 e. The quantitative estimate of drug-likeness (QED) is 0.791. The molecule has 1 rings (SSSR count). The predicted octanol–water partition coefficient (Wildman–Crippen LogP) is 2.17. The van der Waals surface area contributed by atoms with Crippen molar-refractivity contribution in [2.45, 2.75) is 25.1 Å². The van der Waals surface area contributed by atoms with Gasteiger partial charge in [-0.1, -0.05) is 43.9 Å². The molecule has 0 bridgehead atoms. The van der Waals surface area contributed by atoms with Gasteiger partial charge in [0.25, 0.3) is 0 Å². The van der Waals surface area contributed by atoms with Gasteiger partial charge in [-0.3, -0.25) is 4.79 Å². The number of carboxylic acids is 1. The Morgan fingerprint density at radius 1 is 1.50 bits per heavy atom. The van der Waals surface area contributed by atoms with E-state index in [9.17, 15) is 4.79 Å². The monoisotopic (exact) mass is 261 g/mol. The van der Waals surface area contributed by atoms with Gasteiger partial charge in [-0.25, -0.2) is 0 Å². The zero-order valence-electron chi connectivity index (χ0n) is 9.48. The number of anilines is 1. The van der Waals surface area contributed by atoms with Crippen LogP contribution in [-0.4, -0.2) is 33.6 Å². The summed E-state index contributed by atoms with van der Waals surface area (Å²) in [6, 6.07) is 0. The van der Waals surface area contributed by atoms with Gasteiger partial charge < -0.3 is 10.4 Å². The molecule has 1 heterocycles. The first-order valence-electron chi connectivity index (χ1n) is 4.79. The minimum Gasteiger partial charge on any atom is -0.481 e. The molecule has 0 amide bonds. The first-order valence-corrected chi connectivity index (χ1v) is 6.59. The first-order chi connectivity index (χ1) is 7.37. The maximum atomic E-state index is 10.4. The number of nitrogens with one attached hydrogen (secondary N) is 1. The average molecular weight is 261 g/mol. The van der Waals surface area contributed by atoms with Crippen LogP contribution in [0.1, 0.15) is 20.8 Å². The molecule has 7 heteroatoms. The Hall–Kier alpha value is -0.820. The third-order valence-corrected chi connectivity index (χ3v) is 3.49. The van der Waals surface area contributed by atoms with Gasteiger partial charge in [0, 0.05) is 6.54 Å². The van der Waals surface area contributed by atoms with E-state index in [-0.39, 0.29) is 11.2 Å². The minimum absolute atomic E-state index is 0.0217. The molecule has 0 aromatic carbocycles. The van der Waals surface area contributed by atoms with Crippen LogP contribution in [0.5, 0.6) is 0 Å². The van der Waals surface area contributed by atoms with Gasteiger partial charge in [-0.05, 0) is 5.41 Å². The Kier molecular flexibility index (Phi) is 4.55. The molecule has 16 heavy (non-hydrogen) atoms. The largest absolute Gasteiger partial charge is 0.481 e. The minimum atomic E-state index is -0.843. The second-order valence-electron chi connectivity index (χ2n) is 4.47. The van der Waals surface area contributed by atoms with Crippen molar-refractivity contribution < 1.29 is 9.90 Å². The molecule has 5 nitrogen and oxygen atoms in total. The first kappa shape index (κ1) is 13.2. The molecule has 0 aliphatic rings. The number of hydrogen-bond donors (Lipinski definition) is 2. The van der Waals surface area contributed by atoms with E-state index in [1.807, 2.05) is 0 Å². The van der Waals surface area contributed by atoms with Crippen LogP contribution in [0.2, 0.25) is 0 Å². The van der Waals surface area contributed by atoms with Gasteiger partial charge in [-0.15, -0.1) is 10.2 Å². The molecule has 2 N–H and O–H groups in total. The molecule has 0 spiro atoms. The number of hydrogen-bond acceptors (Lipinski definition) is 6. The van der Waals surface area contributed by atoms with Crippen LogP contribution in [0, 0.1) is 5.41 Å². The van der Waals surface area contributed by atoms with E-state index < -0.39 is 5.97 Å². The maximum absolute atomic E-state index is 10.4. The lowest BCUT2D eigenvalue weighted by Gasteiger charge is -2.17.